The van der Waals surface area contributed by atoms with Gasteiger partial charge in [-0.25, -0.2) is 0 Å². The van der Waals surface area contributed by atoms with E-state index in [1.54, 1.807) is 0 Å². The molecule has 18 heavy (non-hydrogen) atoms. The predicted octanol–water partition coefficient (Wildman–Crippen LogP) is 2.27. The number of likely N-dealkylation sites (N-methyl/N-ethyl adjacent to an activating group) is 1. The van der Waals surface area contributed by atoms with Crippen molar-refractivity contribution in [3.05, 3.63) is 24.0 Å². The summed E-state index contributed by atoms with van der Waals surface area (Å²) in [5.41, 5.74) is 1.42. The molecule has 1 fully saturated rings. The smallest absolute Gasteiger partial charge is 0.00642 e. The Morgan fingerprint density at radius 3 is 2.72 bits per heavy atom. The first-order valence-electron chi connectivity index (χ1n) is 7.25. The minimum Gasteiger partial charge on any atom is -0.367 e. The molecule has 1 aliphatic rings. The average Bonchev–Trinajstić information content (AvgIpc) is 2.90. The largest absolute Gasteiger partial charge is 0.367 e. The van der Waals surface area contributed by atoms with Crippen LogP contribution in [-0.2, 0) is 6.42 Å². The molecule has 2 rings (SSSR count). The summed E-state index contributed by atoms with van der Waals surface area (Å²) in [6.45, 7) is 2.44. The lowest BCUT2D eigenvalue weighted by Crippen LogP contribution is -2.35. The van der Waals surface area contributed by atoms with E-state index in [4.69, 9.17) is 0 Å². The highest BCUT2D eigenvalue weighted by Crippen LogP contribution is 2.24. The van der Waals surface area contributed by atoms with Gasteiger partial charge in [0.25, 0.3) is 0 Å². The van der Waals surface area contributed by atoms with Crippen LogP contribution in [0.3, 0.4) is 0 Å². The molecule has 1 aromatic rings. The van der Waals surface area contributed by atoms with Crippen molar-refractivity contribution in [1.29, 1.82) is 0 Å². The van der Waals surface area contributed by atoms with E-state index in [2.05, 4.69) is 41.6 Å². The van der Waals surface area contributed by atoms with Crippen LogP contribution in [0.5, 0.6) is 0 Å². The van der Waals surface area contributed by atoms with Crippen molar-refractivity contribution >= 4 is 0 Å². The van der Waals surface area contributed by atoms with E-state index < -0.39 is 0 Å². The summed E-state index contributed by atoms with van der Waals surface area (Å²) < 4.78 is 0. The molecular formula is C15H27N3. The van der Waals surface area contributed by atoms with Crippen molar-refractivity contribution in [2.24, 2.45) is 5.92 Å². The predicted molar refractivity (Wildman–Crippen MR) is 76.8 cm³/mol. The number of aromatic nitrogens is 1. The number of H-pyrrole nitrogens is 1. The van der Waals surface area contributed by atoms with Gasteiger partial charge in [-0.1, -0.05) is 0 Å². The van der Waals surface area contributed by atoms with Gasteiger partial charge in [-0.05, 0) is 63.7 Å². The van der Waals surface area contributed by atoms with Gasteiger partial charge in [0.05, 0.1) is 0 Å². The zero-order valence-corrected chi connectivity index (χ0v) is 11.8. The molecule has 3 nitrogen and oxygen atoms in total. The summed E-state index contributed by atoms with van der Waals surface area (Å²) in [7, 11) is 4.35. The molecule has 1 aliphatic carbocycles. The Kier molecular flexibility index (Phi) is 5.26. The van der Waals surface area contributed by atoms with Crippen LogP contribution in [0.15, 0.2) is 18.5 Å². The van der Waals surface area contributed by atoms with Crippen LogP contribution in [0.25, 0.3) is 0 Å². The summed E-state index contributed by atoms with van der Waals surface area (Å²) in [5, 5.41) is 3.40. The van der Waals surface area contributed by atoms with Crippen LogP contribution in [0, 0.1) is 5.92 Å². The van der Waals surface area contributed by atoms with Crippen LogP contribution in [-0.4, -0.2) is 43.1 Å². The minimum atomic E-state index is 0.770. The van der Waals surface area contributed by atoms with E-state index in [1.165, 1.54) is 44.3 Å². The van der Waals surface area contributed by atoms with Crippen LogP contribution in [0.2, 0.25) is 0 Å². The van der Waals surface area contributed by atoms with Gasteiger partial charge in [0, 0.05) is 31.5 Å². The number of hydrogen-bond donors (Lipinski definition) is 2. The first-order valence-corrected chi connectivity index (χ1v) is 7.25. The number of hydrogen-bond acceptors (Lipinski definition) is 2. The highest BCUT2D eigenvalue weighted by Gasteiger charge is 2.20. The van der Waals surface area contributed by atoms with Gasteiger partial charge in [0.15, 0.2) is 0 Å². The molecule has 1 aromatic heterocycles. The van der Waals surface area contributed by atoms with Gasteiger partial charge in [-0.15, -0.1) is 0 Å². The molecule has 0 bridgehead atoms. The monoisotopic (exact) mass is 249 g/mol. The maximum atomic E-state index is 3.40. The van der Waals surface area contributed by atoms with Gasteiger partial charge in [-0.2, -0.15) is 0 Å². The van der Waals surface area contributed by atoms with Gasteiger partial charge in [-0.3, -0.25) is 0 Å². The first kappa shape index (κ1) is 13.6. The maximum absolute atomic E-state index is 3.40. The lowest BCUT2D eigenvalue weighted by Gasteiger charge is -2.31. The Bertz CT molecular complexity index is 312. The minimum absolute atomic E-state index is 0.770. The molecule has 0 spiro atoms. The second kappa shape index (κ2) is 6.95. The van der Waals surface area contributed by atoms with Crippen molar-refractivity contribution in [3.63, 3.8) is 0 Å². The van der Waals surface area contributed by atoms with E-state index >= 15 is 0 Å². The van der Waals surface area contributed by atoms with Gasteiger partial charge in [0.1, 0.15) is 0 Å². The van der Waals surface area contributed by atoms with Crippen molar-refractivity contribution in [2.75, 3.05) is 27.2 Å². The maximum Gasteiger partial charge on any atom is 0.00642 e. The van der Waals surface area contributed by atoms with Crippen molar-refractivity contribution in [3.8, 4) is 0 Å². The Labute approximate surface area is 111 Å². The van der Waals surface area contributed by atoms with Crippen molar-refractivity contribution < 1.29 is 0 Å². The summed E-state index contributed by atoms with van der Waals surface area (Å²) in [6.07, 6.45) is 10.8. The zero-order valence-electron chi connectivity index (χ0n) is 11.8. The summed E-state index contributed by atoms with van der Waals surface area (Å²) >= 11 is 0. The molecule has 0 unspecified atom stereocenters. The van der Waals surface area contributed by atoms with E-state index in [9.17, 15) is 0 Å². The highest BCUT2D eigenvalue weighted by molar-refractivity contribution is 5.08. The number of nitrogens with zero attached hydrogens (tertiary/aromatic N) is 1. The summed E-state index contributed by atoms with van der Waals surface area (Å²) in [5.74, 6) is 0.908. The third-order valence-electron chi connectivity index (χ3n) is 4.27. The van der Waals surface area contributed by atoms with E-state index in [1.807, 2.05) is 6.20 Å². The van der Waals surface area contributed by atoms with Gasteiger partial charge in [0.2, 0.25) is 0 Å². The number of nitrogens with one attached hydrogen (secondary N) is 2. The molecule has 2 N–H and O–H groups in total. The molecule has 0 atom stereocenters. The highest BCUT2D eigenvalue weighted by atomic mass is 15.1. The molecular weight excluding hydrogens is 222 g/mol. The lowest BCUT2D eigenvalue weighted by molar-refractivity contribution is 0.217. The number of aromatic amines is 1. The molecule has 0 saturated heterocycles. The van der Waals surface area contributed by atoms with Crippen LogP contribution >= 0.6 is 0 Å². The summed E-state index contributed by atoms with van der Waals surface area (Å²) in [6, 6.07) is 2.94. The fourth-order valence-electron chi connectivity index (χ4n) is 3.00. The second-order valence-corrected chi connectivity index (χ2v) is 5.74. The Morgan fingerprint density at radius 1 is 1.33 bits per heavy atom. The van der Waals surface area contributed by atoms with Crippen molar-refractivity contribution in [1.82, 2.24) is 15.2 Å². The Morgan fingerprint density at radius 2 is 2.11 bits per heavy atom. The molecule has 0 aromatic carbocycles. The molecule has 0 amide bonds. The van der Waals surface area contributed by atoms with Gasteiger partial charge >= 0.3 is 0 Å². The summed E-state index contributed by atoms with van der Waals surface area (Å²) in [4.78, 5) is 5.62. The van der Waals surface area contributed by atoms with E-state index in [-0.39, 0.29) is 0 Å². The molecule has 1 heterocycles. The molecule has 0 radical (unpaired) electrons. The fraction of sp³-hybridized carbons (Fsp3) is 0.733. The topological polar surface area (TPSA) is 31.1 Å². The van der Waals surface area contributed by atoms with Crippen LogP contribution < -0.4 is 5.32 Å². The van der Waals surface area contributed by atoms with Crippen LogP contribution in [0.1, 0.15) is 31.2 Å². The third kappa shape index (κ3) is 4.14. The lowest BCUT2D eigenvalue weighted by atomic mass is 9.86. The standard InChI is InChI=1S/C15H27N3/c1-16-15-5-3-14(4-6-15)12-18(2)10-8-13-7-9-17-11-13/h7,9,11,14-17H,3-6,8,10,12H2,1-2H3. The molecule has 3 heteroatoms. The van der Waals surface area contributed by atoms with Crippen molar-refractivity contribution in [2.45, 2.75) is 38.1 Å². The normalized spacial score (nSPS) is 24.6. The van der Waals surface area contributed by atoms with E-state index in [0.717, 1.165) is 18.4 Å². The average molecular weight is 249 g/mol. The van der Waals surface area contributed by atoms with Gasteiger partial charge < -0.3 is 15.2 Å². The third-order valence-corrected chi connectivity index (χ3v) is 4.27. The number of rotatable bonds is 6. The zero-order chi connectivity index (χ0) is 12.8. The second-order valence-electron chi connectivity index (χ2n) is 5.74. The fourth-order valence-corrected chi connectivity index (χ4v) is 3.00. The Hall–Kier alpha value is -0.800. The first-order chi connectivity index (χ1) is 8.78. The van der Waals surface area contributed by atoms with E-state index in [0.29, 0.717) is 0 Å². The molecule has 0 aliphatic heterocycles. The SMILES string of the molecule is CNC1CCC(CN(C)CCc2cc[nH]c2)CC1. The molecule has 102 valence electrons. The Balaban J connectivity index is 1.64. The molecule has 1 saturated carbocycles. The van der Waals surface area contributed by atoms with Crippen LogP contribution in [0.4, 0.5) is 0 Å². The quantitative estimate of drug-likeness (QED) is 0.810.